The van der Waals surface area contributed by atoms with E-state index in [4.69, 9.17) is 42.6 Å². The summed E-state index contributed by atoms with van der Waals surface area (Å²) in [6.45, 7) is 1.80. The minimum Gasteiger partial charge on any atom is -0.387 e. The van der Waals surface area contributed by atoms with Crippen LogP contribution in [0.25, 0.3) is 0 Å². The second kappa shape index (κ2) is 26.8. The van der Waals surface area contributed by atoms with Crippen molar-refractivity contribution >= 4 is 11.8 Å². The first kappa shape index (κ1) is 50.4. The molecule has 7 aromatic rings. The smallest absolute Gasteiger partial charge is 0.187 e. The van der Waals surface area contributed by atoms with E-state index in [0.717, 1.165) is 38.3 Å². The van der Waals surface area contributed by atoms with Gasteiger partial charge in [0, 0.05) is 4.90 Å². The van der Waals surface area contributed by atoms with Crippen molar-refractivity contribution in [3.05, 3.63) is 246 Å². The van der Waals surface area contributed by atoms with Gasteiger partial charge in [0.15, 0.2) is 6.29 Å². The van der Waals surface area contributed by atoms with Crippen LogP contribution in [-0.2, 0) is 82.3 Å². The van der Waals surface area contributed by atoms with Crippen molar-refractivity contribution in [1.29, 1.82) is 0 Å². The first-order valence-corrected chi connectivity index (χ1v) is 25.2. The van der Waals surface area contributed by atoms with Gasteiger partial charge in [-0.1, -0.05) is 212 Å². The van der Waals surface area contributed by atoms with E-state index < -0.39 is 60.6 Å². The van der Waals surface area contributed by atoms with Gasteiger partial charge in [-0.25, -0.2) is 0 Å². The zero-order valence-corrected chi connectivity index (χ0v) is 40.5. The van der Waals surface area contributed by atoms with Crippen LogP contribution >= 0.6 is 11.8 Å². The standard InChI is InChI=1S/C60H62O10S/c61-53-51(42-62-36-44-22-8-1-9-23-44)68-59(57(66-40-48-30-16-5-17-31-48)55(53)64-38-46-26-12-3-13-27-46)70-54-52(43-63-37-45-24-10-2-11-25-45)69-60(71-50-34-20-7-21-35-50)58(67-41-49-32-18-6-19-33-49)56(54)65-39-47-28-14-4-15-29-47/h1-35,51-61H,36-43H2/t51-,52-,53-,54-,55+,56+,57-,58-,59-,60+/m1/s1. The van der Waals surface area contributed by atoms with Crippen molar-refractivity contribution in [3.63, 3.8) is 0 Å². The molecule has 2 fully saturated rings. The average Bonchev–Trinajstić information content (AvgIpc) is 3.42. The van der Waals surface area contributed by atoms with Crippen LogP contribution in [0.5, 0.6) is 0 Å². The Bertz CT molecular complexity index is 2530. The fraction of sp³-hybridized carbons (Fsp3) is 0.300. The van der Waals surface area contributed by atoms with Crippen LogP contribution in [0, 0.1) is 0 Å². The molecule has 0 unspecified atom stereocenters. The molecule has 7 aromatic carbocycles. The minimum absolute atomic E-state index is 0.0455. The Morgan fingerprint density at radius 2 is 0.704 bits per heavy atom. The molecule has 2 heterocycles. The Labute approximate surface area is 421 Å². The van der Waals surface area contributed by atoms with Crippen LogP contribution in [0.1, 0.15) is 33.4 Å². The molecule has 2 saturated heterocycles. The van der Waals surface area contributed by atoms with E-state index in [1.165, 1.54) is 0 Å². The third-order valence-corrected chi connectivity index (χ3v) is 13.6. The normalized spacial score (nSPS) is 24.4. The van der Waals surface area contributed by atoms with E-state index in [2.05, 4.69) is 12.1 Å². The van der Waals surface area contributed by atoms with Gasteiger partial charge in [-0.2, -0.15) is 0 Å². The fourth-order valence-electron chi connectivity index (χ4n) is 8.73. The minimum atomic E-state index is -1.17. The highest BCUT2D eigenvalue weighted by atomic mass is 32.2. The third-order valence-electron chi connectivity index (χ3n) is 12.4. The van der Waals surface area contributed by atoms with E-state index in [1.54, 1.807) is 11.8 Å². The van der Waals surface area contributed by atoms with E-state index in [1.807, 2.05) is 200 Å². The number of aliphatic hydroxyl groups excluding tert-OH is 1. The topological polar surface area (TPSA) is 103 Å². The summed E-state index contributed by atoms with van der Waals surface area (Å²) in [4.78, 5) is 1.01. The number of ether oxygens (including phenoxy) is 9. The number of benzene rings is 7. The SMILES string of the molecule is O[C@H]1[C@H](OCc2ccccc2)[C@@H](OCc2ccccc2)[C@@H](O[C@H]2[C@H](OCc3ccccc3)[C@@H](OCc3ccccc3)[C@H](Sc3ccccc3)O[C@@H]2COCc2ccccc2)O[C@@H]1COCc1ccccc1. The van der Waals surface area contributed by atoms with E-state index in [-0.39, 0.29) is 33.0 Å². The summed E-state index contributed by atoms with van der Waals surface area (Å²) in [5, 5.41) is 12.4. The molecular formula is C60H62O10S. The number of rotatable bonds is 24. The second-order valence-electron chi connectivity index (χ2n) is 17.7. The summed E-state index contributed by atoms with van der Waals surface area (Å²) < 4.78 is 62.3. The van der Waals surface area contributed by atoms with Crippen LogP contribution in [0.2, 0.25) is 0 Å². The number of hydrogen-bond acceptors (Lipinski definition) is 11. The first-order chi connectivity index (χ1) is 35.1. The second-order valence-corrected chi connectivity index (χ2v) is 18.8. The Hall–Kier alpha value is -5.51. The molecule has 0 radical (unpaired) electrons. The lowest BCUT2D eigenvalue weighted by atomic mass is 9.96. The lowest BCUT2D eigenvalue weighted by Crippen LogP contribution is -2.65. The molecule has 0 bridgehead atoms. The summed E-state index contributed by atoms with van der Waals surface area (Å²) in [7, 11) is 0. The number of hydrogen-bond donors (Lipinski definition) is 1. The van der Waals surface area contributed by atoms with Gasteiger partial charge in [0.1, 0.15) is 54.3 Å². The molecule has 0 spiro atoms. The molecule has 2 aliphatic rings. The highest BCUT2D eigenvalue weighted by molar-refractivity contribution is 7.99. The van der Waals surface area contributed by atoms with Gasteiger partial charge >= 0.3 is 0 Å². The monoisotopic (exact) mass is 974 g/mol. The first-order valence-electron chi connectivity index (χ1n) is 24.3. The Balaban J connectivity index is 1.10. The summed E-state index contributed by atoms with van der Waals surface area (Å²) in [5.41, 5.74) is 5.30. The molecule has 10 nitrogen and oxygen atoms in total. The Kier molecular flexibility index (Phi) is 19.0. The van der Waals surface area contributed by atoms with Crippen molar-refractivity contribution in [2.45, 2.75) is 105 Å². The predicted octanol–water partition coefficient (Wildman–Crippen LogP) is 10.7. The maximum atomic E-state index is 12.4. The van der Waals surface area contributed by atoms with Gasteiger partial charge in [-0.3, -0.25) is 0 Å². The molecule has 2 aliphatic heterocycles. The lowest BCUT2D eigenvalue weighted by molar-refractivity contribution is -0.356. The van der Waals surface area contributed by atoms with Crippen molar-refractivity contribution in [2.24, 2.45) is 0 Å². The van der Waals surface area contributed by atoms with E-state index in [9.17, 15) is 5.11 Å². The van der Waals surface area contributed by atoms with Gasteiger partial charge in [0.2, 0.25) is 0 Å². The quantitative estimate of drug-likeness (QED) is 0.0626. The maximum Gasteiger partial charge on any atom is 0.187 e. The van der Waals surface area contributed by atoms with Crippen molar-refractivity contribution < 1.29 is 47.7 Å². The Morgan fingerprint density at radius 1 is 0.352 bits per heavy atom. The van der Waals surface area contributed by atoms with Crippen LogP contribution in [0.4, 0.5) is 0 Å². The van der Waals surface area contributed by atoms with Gasteiger partial charge in [-0.05, 0) is 45.5 Å². The van der Waals surface area contributed by atoms with Crippen LogP contribution in [0.15, 0.2) is 217 Å². The molecule has 0 saturated carbocycles. The molecule has 0 aliphatic carbocycles. The molecule has 10 atom stereocenters. The summed E-state index contributed by atoms with van der Waals surface area (Å²) in [6, 6.07) is 70.1. The average molecular weight is 975 g/mol. The highest BCUT2D eigenvalue weighted by Gasteiger charge is 2.54. The maximum absolute atomic E-state index is 12.4. The predicted molar refractivity (Wildman–Crippen MR) is 273 cm³/mol. The van der Waals surface area contributed by atoms with Crippen LogP contribution < -0.4 is 0 Å². The zero-order chi connectivity index (χ0) is 48.3. The summed E-state index contributed by atoms with van der Waals surface area (Å²) >= 11 is 1.57. The molecule has 0 aromatic heterocycles. The zero-order valence-electron chi connectivity index (χ0n) is 39.7. The van der Waals surface area contributed by atoms with Crippen molar-refractivity contribution in [2.75, 3.05) is 13.2 Å². The van der Waals surface area contributed by atoms with Crippen molar-refractivity contribution in [1.82, 2.24) is 0 Å². The molecule has 1 N–H and O–H groups in total. The summed E-state index contributed by atoms with van der Waals surface area (Å²) in [6.07, 6.45) is -8.04. The van der Waals surface area contributed by atoms with Crippen molar-refractivity contribution in [3.8, 4) is 0 Å². The van der Waals surface area contributed by atoms with Gasteiger partial charge in [-0.15, -0.1) is 0 Å². The summed E-state index contributed by atoms with van der Waals surface area (Å²) in [5.74, 6) is 0. The number of thioether (sulfide) groups is 1. The molecule has 368 valence electrons. The lowest BCUT2D eigenvalue weighted by Gasteiger charge is -2.49. The van der Waals surface area contributed by atoms with E-state index in [0.29, 0.717) is 19.8 Å². The largest absolute Gasteiger partial charge is 0.387 e. The third kappa shape index (κ3) is 14.8. The van der Waals surface area contributed by atoms with Gasteiger partial charge < -0.3 is 47.7 Å². The van der Waals surface area contributed by atoms with Gasteiger partial charge in [0.25, 0.3) is 0 Å². The van der Waals surface area contributed by atoms with Crippen LogP contribution in [0.3, 0.4) is 0 Å². The highest BCUT2D eigenvalue weighted by Crippen LogP contribution is 2.40. The van der Waals surface area contributed by atoms with Crippen LogP contribution in [-0.4, -0.2) is 78.9 Å². The van der Waals surface area contributed by atoms with Gasteiger partial charge in [0.05, 0.1) is 52.9 Å². The Morgan fingerprint density at radius 3 is 1.14 bits per heavy atom. The van der Waals surface area contributed by atoms with E-state index >= 15 is 0 Å². The molecule has 0 amide bonds. The molecule has 71 heavy (non-hydrogen) atoms. The molecular weight excluding hydrogens is 913 g/mol. The molecule has 9 rings (SSSR count). The molecule has 11 heteroatoms. The number of aliphatic hydroxyl groups is 1. The fourth-order valence-corrected chi connectivity index (χ4v) is 9.88.